The molecule has 2 aromatic rings. The molecule has 0 saturated heterocycles. The minimum atomic E-state index is -3.80. The quantitative estimate of drug-likeness (QED) is 0.682. The molecule has 1 aliphatic rings. The van der Waals surface area contributed by atoms with Gasteiger partial charge in [-0.2, -0.15) is 8.42 Å². The van der Waals surface area contributed by atoms with E-state index in [4.69, 9.17) is 13.7 Å². The Bertz CT molecular complexity index is 874. The fraction of sp³-hybridized carbons (Fsp3) is 0.429. The lowest BCUT2D eigenvalue weighted by molar-refractivity contribution is 0.137. The van der Waals surface area contributed by atoms with Crippen LogP contribution in [-0.4, -0.2) is 28.7 Å². The number of ether oxygens (including phenoxy) is 2. The highest BCUT2D eigenvalue weighted by Gasteiger charge is 2.32. The van der Waals surface area contributed by atoms with Gasteiger partial charge in [0.05, 0.1) is 25.2 Å². The Kier molecular flexibility index (Phi) is 6.07. The number of hydrogen-bond acceptors (Lipinski definition) is 5. The summed E-state index contributed by atoms with van der Waals surface area (Å²) in [5.74, 6) is 1.29. The highest BCUT2D eigenvalue weighted by atomic mass is 32.2. The fourth-order valence-electron chi connectivity index (χ4n) is 3.60. The zero-order valence-electron chi connectivity index (χ0n) is 16.0. The molecule has 0 bridgehead atoms. The molecule has 1 fully saturated rings. The van der Waals surface area contributed by atoms with Crippen molar-refractivity contribution in [1.82, 2.24) is 0 Å². The van der Waals surface area contributed by atoms with Crippen molar-refractivity contribution >= 4 is 10.1 Å². The summed E-state index contributed by atoms with van der Waals surface area (Å²) < 4.78 is 41.9. The van der Waals surface area contributed by atoms with Crippen LogP contribution in [-0.2, 0) is 14.3 Å². The molecule has 6 heteroatoms. The summed E-state index contributed by atoms with van der Waals surface area (Å²) in [6.45, 7) is 1.92. The smallest absolute Gasteiger partial charge is 0.297 e. The van der Waals surface area contributed by atoms with Gasteiger partial charge in [0.25, 0.3) is 10.1 Å². The first-order chi connectivity index (χ1) is 12.9. The van der Waals surface area contributed by atoms with E-state index < -0.39 is 10.1 Å². The normalized spacial score (nSPS) is 20.3. The third kappa shape index (κ3) is 4.45. The molecule has 2 atom stereocenters. The van der Waals surface area contributed by atoms with Crippen LogP contribution < -0.4 is 9.47 Å². The van der Waals surface area contributed by atoms with E-state index in [1.807, 2.05) is 25.1 Å². The second-order valence-corrected chi connectivity index (χ2v) is 8.48. The van der Waals surface area contributed by atoms with Crippen molar-refractivity contribution in [2.24, 2.45) is 0 Å². The molecular formula is C21H26O5S. The molecule has 0 heterocycles. The van der Waals surface area contributed by atoms with Crippen molar-refractivity contribution in [3.8, 4) is 11.5 Å². The van der Waals surface area contributed by atoms with E-state index in [-0.39, 0.29) is 16.9 Å². The van der Waals surface area contributed by atoms with Crippen LogP contribution in [0.5, 0.6) is 11.5 Å². The zero-order chi connectivity index (χ0) is 19.4. The number of rotatable bonds is 6. The third-order valence-electron chi connectivity index (χ3n) is 5.10. The number of methoxy groups -OCH3 is 2. The molecule has 5 nitrogen and oxygen atoms in total. The topological polar surface area (TPSA) is 61.8 Å². The molecule has 0 radical (unpaired) electrons. The van der Waals surface area contributed by atoms with Gasteiger partial charge in [-0.1, -0.05) is 36.6 Å². The van der Waals surface area contributed by atoms with Crippen molar-refractivity contribution in [3.05, 3.63) is 53.6 Å². The summed E-state index contributed by atoms with van der Waals surface area (Å²) in [7, 11) is -0.611. The summed E-state index contributed by atoms with van der Waals surface area (Å²) in [5, 5.41) is 0. The van der Waals surface area contributed by atoms with Crippen LogP contribution in [0.2, 0.25) is 0 Å². The van der Waals surface area contributed by atoms with E-state index in [0.717, 1.165) is 30.4 Å². The first-order valence-electron chi connectivity index (χ1n) is 9.16. The van der Waals surface area contributed by atoms with Gasteiger partial charge in [-0.05, 0) is 49.6 Å². The summed E-state index contributed by atoms with van der Waals surface area (Å²) in [6, 6.07) is 12.5. The Morgan fingerprint density at radius 2 is 1.56 bits per heavy atom. The summed E-state index contributed by atoms with van der Waals surface area (Å²) in [6.07, 6.45) is 3.21. The molecule has 0 aromatic heterocycles. The zero-order valence-corrected chi connectivity index (χ0v) is 16.8. The molecule has 3 rings (SSSR count). The first-order valence-corrected chi connectivity index (χ1v) is 10.6. The standard InChI is InChI=1S/C21H26O5S/c1-15-8-11-17(12-9-15)27(22,23)26-19-7-5-4-6-18(19)16-10-13-20(24-2)21(14-16)25-3/h8-14,18-19H,4-7H2,1-3H3/t18-,19+/m1/s1. The highest BCUT2D eigenvalue weighted by molar-refractivity contribution is 7.86. The van der Waals surface area contributed by atoms with Gasteiger partial charge in [-0.25, -0.2) is 0 Å². The van der Waals surface area contributed by atoms with Gasteiger partial charge >= 0.3 is 0 Å². The Hall–Kier alpha value is -2.05. The largest absolute Gasteiger partial charge is 0.493 e. The van der Waals surface area contributed by atoms with Crippen LogP contribution in [0, 0.1) is 6.92 Å². The van der Waals surface area contributed by atoms with Gasteiger partial charge < -0.3 is 9.47 Å². The molecule has 146 valence electrons. The molecule has 0 unspecified atom stereocenters. The maximum absolute atomic E-state index is 12.7. The predicted molar refractivity (Wildman–Crippen MR) is 104 cm³/mol. The van der Waals surface area contributed by atoms with Crippen molar-refractivity contribution in [2.75, 3.05) is 14.2 Å². The van der Waals surface area contributed by atoms with E-state index >= 15 is 0 Å². The molecule has 2 aromatic carbocycles. The Balaban J connectivity index is 1.86. The fourth-order valence-corrected chi connectivity index (χ4v) is 4.74. The maximum Gasteiger partial charge on any atom is 0.297 e. The summed E-state index contributed by atoms with van der Waals surface area (Å²) >= 11 is 0. The first kappa shape index (κ1) is 19.7. The lowest BCUT2D eigenvalue weighted by Crippen LogP contribution is -2.28. The Morgan fingerprint density at radius 3 is 2.22 bits per heavy atom. The Morgan fingerprint density at radius 1 is 0.889 bits per heavy atom. The van der Waals surface area contributed by atoms with E-state index in [0.29, 0.717) is 17.9 Å². The summed E-state index contributed by atoms with van der Waals surface area (Å²) in [4.78, 5) is 0.199. The third-order valence-corrected chi connectivity index (χ3v) is 6.45. The van der Waals surface area contributed by atoms with Gasteiger partial charge in [0.1, 0.15) is 0 Å². The van der Waals surface area contributed by atoms with Gasteiger partial charge in [0.15, 0.2) is 11.5 Å². The molecule has 0 aliphatic heterocycles. The number of aryl methyl sites for hydroxylation is 1. The van der Waals surface area contributed by atoms with Gasteiger partial charge in [0.2, 0.25) is 0 Å². The van der Waals surface area contributed by atoms with Crippen molar-refractivity contribution < 1.29 is 22.1 Å². The van der Waals surface area contributed by atoms with Crippen LogP contribution in [0.15, 0.2) is 47.4 Å². The second kappa shape index (κ2) is 8.31. The molecule has 27 heavy (non-hydrogen) atoms. The van der Waals surface area contributed by atoms with Crippen LogP contribution >= 0.6 is 0 Å². The molecule has 1 saturated carbocycles. The van der Waals surface area contributed by atoms with Crippen LogP contribution in [0.3, 0.4) is 0 Å². The van der Waals surface area contributed by atoms with E-state index in [2.05, 4.69) is 0 Å². The average Bonchev–Trinajstić information content (AvgIpc) is 2.68. The van der Waals surface area contributed by atoms with Crippen LogP contribution in [0.4, 0.5) is 0 Å². The summed E-state index contributed by atoms with van der Waals surface area (Å²) in [5.41, 5.74) is 2.02. The van der Waals surface area contributed by atoms with Gasteiger partial charge in [-0.15, -0.1) is 0 Å². The lowest BCUT2D eigenvalue weighted by Gasteiger charge is -2.31. The number of benzene rings is 2. The minimum absolute atomic E-state index is 0.00113. The van der Waals surface area contributed by atoms with Crippen molar-refractivity contribution in [1.29, 1.82) is 0 Å². The average molecular weight is 391 g/mol. The lowest BCUT2D eigenvalue weighted by atomic mass is 9.81. The van der Waals surface area contributed by atoms with Gasteiger partial charge in [-0.3, -0.25) is 4.18 Å². The Labute approximate surface area is 161 Å². The van der Waals surface area contributed by atoms with Gasteiger partial charge in [0, 0.05) is 5.92 Å². The van der Waals surface area contributed by atoms with E-state index in [1.54, 1.807) is 38.5 Å². The second-order valence-electron chi connectivity index (χ2n) is 6.91. The van der Waals surface area contributed by atoms with E-state index in [1.165, 1.54) is 0 Å². The van der Waals surface area contributed by atoms with Crippen LogP contribution in [0.1, 0.15) is 42.7 Å². The minimum Gasteiger partial charge on any atom is -0.493 e. The monoisotopic (exact) mass is 390 g/mol. The molecular weight excluding hydrogens is 364 g/mol. The maximum atomic E-state index is 12.7. The van der Waals surface area contributed by atoms with E-state index in [9.17, 15) is 8.42 Å². The molecule has 0 N–H and O–H groups in total. The molecule has 0 amide bonds. The van der Waals surface area contributed by atoms with Crippen molar-refractivity contribution in [3.63, 3.8) is 0 Å². The van der Waals surface area contributed by atoms with Crippen molar-refractivity contribution in [2.45, 2.75) is 49.5 Å². The van der Waals surface area contributed by atoms with Crippen LogP contribution in [0.25, 0.3) is 0 Å². The molecule has 1 aliphatic carbocycles. The SMILES string of the molecule is COc1ccc([C@H]2CCCC[C@@H]2OS(=O)(=O)c2ccc(C)cc2)cc1OC. The number of hydrogen-bond donors (Lipinski definition) is 0. The molecule has 0 spiro atoms. The highest BCUT2D eigenvalue weighted by Crippen LogP contribution is 2.39. The predicted octanol–water partition coefficient (Wildman–Crippen LogP) is 4.44.